The Bertz CT molecular complexity index is 617. The maximum atomic E-state index is 10.2. The highest BCUT2D eigenvalue weighted by atomic mass is 16.6. The molecule has 7 nitrogen and oxygen atoms in total. The van der Waals surface area contributed by atoms with E-state index in [0.717, 1.165) is 5.56 Å². The van der Waals surface area contributed by atoms with Crippen LogP contribution in [0.4, 0.5) is 11.4 Å². The maximum Gasteiger partial charge on any atom is 0.269 e. The molecule has 2 aromatic rings. The molecule has 0 amide bonds. The van der Waals surface area contributed by atoms with Crippen LogP contribution in [0.25, 0.3) is 6.08 Å². The molecule has 2 rings (SSSR count). The van der Waals surface area contributed by atoms with E-state index in [0.29, 0.717) is 11.8 Å². The third-order valence-corrected chi connectivity index (χ3v) is 2.58. The molecule has 22 heavy (non-hydrogen) atoms. The molecule has 0 aliphatic heterocycles. The van der Waals surface area contributed by atoms with Gasteiger partial charge in [-0.1, -0.05) is 12.7 Å². The van der Waals surface area contributed by atoms with Crippen LogP contribution in [0.1, 0.15) is 15.9 Å². The Balaban J connectivity index is 0.000000220. The first-order chi connectivity index (χ1) is 10.5. The smallest absolute Gasteiger partial charge is 0.269 e. The Morgan fingerprint density at radius 3 is 1.41 bits per heavy atom. The lowest BCUT2D eigenvalue weighted by Crippen LogP contribution is -1.87. The first-order valence-corrected chi connectivity index (χ1v) is 6.04. The zero-order valence-corrected chi connectivity index (χ0v) is 11.4. The van der Waals surface area contributed by atoms with E-state index in [1.54, 1.807) is 18.2 Å². The first kappa shape index (κ1) is 16.7. The molecule has 0 spiro atoms. The number of nitrogens with zero attached hydrogens (tertiary/aromatic N) is 2. The molecule has 0 saturated heterocycles. The van der Waals surface area contributed by atoms with Crippen molar-refractivity contribution >= 4 is 23.7 Å². The van der Waals surface area contributed by atoms with Crippen molar-refractivity contribution in [2.75, 3.05) is 0 Å². The number of rotatable bonds is 4. The van der Waals surface area contributed by atoms with E-state index >= 15 is 0 Å². The van der Waals surface area contributed by atoms with Gasteiger partial charge in [-0.05, 0) is 29.8 Å². The molecule has 0 radical (unpaired) electrons. The molecule has 0 aliphatic carbocycles. The topological polar surface area (TPSA) is 103 Å². The molecule has 0 aromatic heterocycles. The highest BCUT2D eigenvalue weighted by Gasteiger charge is 2.02. The molecule has 2 aromatic carbocycles. The minimum atomic E-state index is -0.505. The van der Waals surface area contributed by atoms with Gasteiger partial charge in [-0.2, -0.15) is 0 Å². The SMILES string of the molecule is C=Cc1ccc([N+](=O)[O-])cc1.O=Cc1ccc([N+](=O)[O-])cc1. The summed E-state index contributed by atoms with van der Waals surface area (Å²) in [4.78, 5) is 29.5. The van der Waals surface area contributed by atoms with Crippen molar-refractivity contribution in [1.82, 2.24) is 0 Å². The second kappa shape index (κ2) is 8.05. The van der Waals surface area contributed by atoms with E-state index in [2.05, 4.69) is 6.58 Å². The molecular weight excluding hydrogens is 288 g/mol. The van der Waals surface area contributed by atoms with Gasteiger partial charge in [0.25, 0.3) is 11.4 Å². The zero-order valence-electron chi connectivity index (χ0n) is 11.4. The normalized spacial score (nSPS) is 9.09. The minimum absolute atomic E-state index is 0.00407. The van der Waals surface area contributed by atoms with Crippen LogP contribution in [0.5, 0.6) is 0 Å². The van der Waals surface area contributed by atoms with Gasteiger partial charge in [0.05, 0.1) is 9.85 Å². The predicted octanol–water partition coefficient (Wildman–Crippen LogP) is 3.65. The second-order valence-corrected chi connectivity index (χ2v) is 4.02. The number of benzene rings is 2. The molecule has 7 heteroatoms. The molecule has 0 unspecified atom stereocenters. The summed E-state index contributed by atoms with van der Waals surface area (Å²) < 4.78 is 0. The zero-order chi connectivity index (χ0) is 16.5. The standard InChI is InChI=1S/C8H7NO2.C7H5NO3/c1-2-7-3-5-8(6-4-7)9(10)11;9-5-6-1-3-7(4-2-6)8(10)11/h2-6H,1H2;1-5H. The Morgan fingerprint density at radius 1 is 0.773 bits per heavy atom. The van der Waals surface area contributed by atoms with E-state index in [-0.39, 0.29) is 11.4 Å². The maximum absolute atomic E-state index is 10.2. The molecule has 0 bridgehead atoms. The number of nitro groups is 2. The van der Waals surface area contributed by atoms with E-state index < -0.39 is 9.85 Å². The van der Waals surface area contributed by atoms with Crippen LogP contribution >= 0.6 is 0 Å². The average Bonchev–Trinajstić information content (AvgIpc) is 2.55. The number of aldehydes is 1. The lowest BCUT2D eigenvalue weighted by molar-refractivity contribution is -0.385. The lowest BCUT2D eigenvalue weighted by atomic mass is 10.2. The van der Waals surface area contributed by atoms with Crippen LogP contribution < -0.4 is 0 Å². The van der Waals surface area contributed by atoms with E-state index in [1.807, 2.05) is 0 Å². The van der Waals surface area contributed by atoms with Crippen LogP contribution in [0.2, 0.25) is 0 Å². The molecule has 0 atom stereocenters. The number of carbonyl (C=O) groups excluding carboxylic acids is 1. The summed E-state index contributed by atoms with van der Waals surface area (Å²) in [6, 6.07) is 11.6. The average molecular weight is 300 g/mol. The molecule has 0 heterocycles. The van der Waals surface area contributed by atoms with Gasteiger partial charge < -0.3 is 0 Å². The predicted molar refractivity (Wildman–Crippen MR) is 81.7 cm³/mol. The minimum Gasteiger partial charge on any atom is -0.298 e. The summed E-state index contributed by atoms with van der Waals surface area (Å²) in [5.41, 5.74) is 1.43. The van der Waals surface area contributed by atoms with Crippen LogP contribution in [-0.2, 0) is 0 Å². The molecule has 0 fully saturated rings. The highest BCUT2D eigenvalue weighted by Crippen LogP contribution is 2.12. The van der Waals surface area contributed by atoms with Crippen molar-refractivity contribution in [3.8, 4) is 0 Å². The third kappa shape index (κ3) is 4.97. The van der Waals surface area contributed by atoms with Gasteiger partial charge in [0, 0.05) is 29.8 Å². The van der Waals surface area contributed by atoms with Gasteiger partial charge in [-0.25, -0.2) is 0 Å². The van der Waals surface area contributed by atoms with Gasteiger partial charge in [0.1, 0.15) is 6.29 Å². The van der Waals surface area contributed by atoms with Crippen LogP contribution in [0.15, 0.2) is 55.1 Å². The van der Waals surface area contributed by atoms with Crippen LogP contribution in [0.3, 0.4) is 0 Å². The molecule has 0 N–H and O–H groups in total. The van der Waals surface area contributed by atoms with Gasteiger partial charge in [0.2, 0.25) is 0 Å². The number of hydrogen-bond donors (Lipinski definition) is 0. The summed E-state index contributed by atoms with van der Waals surface area (Å²) in [6.07, 6.45) is 2.29. The quantitative estimate of drug-likeness (QED) is 0.487. The van der Waals surface area contributed by atoms with Crippen LogP contribution in [-0.4, -0.2) is 16.1 Å². The van der Waals surface area contributed by atoms with E-state index in [4.69, 9.17) is 0 Å². The Hall–Kier alpha value is -3.35. The van der Waals surface area contributed by atoms with Crippen LogP contribution in [0, 0.1) is 20.2 Å². The van der Waals surface area contributed by atoms with Crippen molar-refractivity contribution in [1.29, 1.82) is 0 Å². The van der Waals surface area contributed by atoms with Crippen molar-refractivity contribution in [2.24, 2.45) is 0 Å². The fourth-order valence-electron chi connectivity index (χ4n) is 1.41. The molecule has 112 valence electrons. The molecule has 0 aliphatic rings. The van der Waals surface area contributed by atoms with Crippen molar-refractivity contribution in [2.45, 2.75) is 0 Å². The number of hydrogen-bond acceptors (Lipinski definition) is 5. The first-order valence-electron chi connectivity index (χ1n) is 6.04. The number of nitro benzene ring substituents is 2. The monoisotopic (exact) mass is 300 g/mol. The summed E-state index contributed by atoms with van der Waals surface area (Å²) in [6.45, 7) is 3.54. The number of non-ortho nitro benzene ring substituents is 2. The number of carbonyl (C=O) groups is 1. The largest absolute Gasteiger partial charge is 0.298 e. The molecule has 0 saturated carbocycles. The lowest BCUT2D eigenvalue weighted by Gasteiger charge is -1.91. The third-order valence-electron chi connectivity index (χ3n) is 2.58. The van der Waals surface area contributed by atoms with Gasteiger partial charge in [-0.3, -0.25) is 25.0 Å². The van der Waals surface area contributed by atoms with Crippen molar-refractivity contribution in [3.05, 3.63) is 86.5 Å². The van der Waals surface area contributed by atoms with Crippen molar-refractivity contribution < 1.29 is 14.6 Å². The van der Waals surface area contributed by atoms with E-state index in [9.17, 15) is 25.0 Å². The summed E-state index contributed by atoms with van der Waals surface area (Å²) in [5.74, 6) is 0. The van der Waals surface area contributed by atoms with Gasteiger partial charge in [-0.15, -0.1) is 0 Å². The summed E-state index contributed by atoms with van der Waals surface area (Å²) >= 11 is 0. The fourth-order valence-corrected chi connectivity index (χ4v) is 1.41. The Labute approximate surface area is 125 Å². The summed E-state index contributed by atoms with van der Waals surface area (Å²) in [7, 11) is 0. The summed E-state index contributed by atoms with van der Waals surface area (Å²) in [5, 5.41) is 20.3. The highest BCUT2D eigenvalue weighted by molar-refractivity contribution is 5.75. The van der Waals surface area contributed by atoms with Gasteiger partial charge >= 0.3 is 0 Å². The fraction of sp³-hybridized carbons (Fsp3) is 0. The van der Waals surface area contributed by atoms with E-state index in [1.165, 1.54) is 36.4 Å². The second-order valence-electron chi connectivity index (χ2n) is 4.02. The van der Waals surface area contributed by atoms with Gasteiger partial charge in [0.15, 0.2) is 0 Å². The Kier molecular flexibility index (Phi) is 6.11. The van der Waals surface area contributed by atoms with Crippen molar-refractivity contribution in [3.63, 3.8) is 0 Å². The Morgan fingerprint density at radius 2 is 1.14 bits per heavy atom. The molecular formula is C15H12N2O5.